The zero-order chi connectivity index (χ0) is 39.4. The van der Waals surface area contributed by atoms with Gasteiger partial charge in [0, 0.05) is 26.8 Å². The molecule has 0 spiro atoms. The minimum Gasteiger partial charge on any atom is -0.508 e. The molecule has 0 fully saturated rings. The number of imide groups is 1. The van der Waals surface area contributed by atoms with Gasteiger partial charge >= 0.3 is 11.9 Å². The van der Waals surface area contributed by atoms with Crippen molar-refractivity contribution in [1.29, 1.82) is 0 Å². The Bertz CT molecular complexity index is 2180. The highest BCUT2D eigenvalue weighted by atomic mass is 79.9. The summed E-state index contributed by atoms with van der Waals surface area (Å²) in [6.07, 6.45) is 0. The lowest BCUT2D eigenvalue weighted by Crippen LogP contribution is -2.36. The number of aliphatic hydroxyl groups is 1. The zero-order valence-electron chi connectivity index (χ0n) is 29.9. The molecule has 4 aromatic carbocycles. The Morgan fingerprint density at radius 2 is 1.45 bits per heavy atom. The Balaban J connectivity index is 0.836. The van der Waals surface area contributed by atoms with Crippen LogP contribution in [0.15, 0.2) is 89.4 Å². The van der Waals surface area contributed by atoms with Gasteiger partial charge in [-0.3, -0.25) is 14.5 Å². The summed E-state index contributed by atoms with van der Waals surface area (Å²) in [7, 11) is 0. The first-order chi connectivity index (χ1) is 27.2. The highest BCUT2D eigenvalue weighted by Crippen LogP contribution is 2.47. The molecule has 56 heavy (non-hydrogen) atoms. The average Bonchev–Trinajstić information content (AvgIpc) is 3.66. The predicted octanol–water partition coefficient (Wildman–Crippen LogP) is 6.03. The molecule has 0 unspecified atom stereocenters. The molecule has 16 heteroatoms. The van der Waals surface area contributed by atoms with Gasteiger partial charge in [0.1, 0.15) is 37.0 Å². The van der Waals surface area contributed by atoms with Gasteiger partial charge in [0.25, 0.3) is 11.8 Å². The second kappa shape index (κ2) is 19.5. The molecule has 2 heterocycles. The van der Waals surface area contributed by atoms with Crippen LogP contribution in [-0.4, -0.2) is 105 Å². The fourth-order valence-electron chi connectivity index (χ4n) is 5.64. The minimum absolute atomic E-state index is 0.106. The van der Waals surface area contributed by atoms with Crippen LogP contribution in [0.3, 0.4) is 0 Å². The number of aliphatic hydroxyl groups excluding tert-OH is 1. The van der Waals surface area contributed by atoms with Crippen LogP contribution in [0.25, 0.3) is 20.5 Å². The van der Waals surface area contributed by atoms with Crippen molar-refractivity contribution in [1.82, 2.24) is 4.90 Å². The van der Waals surface area contributed by atoms with Gasteiger partial charge in [0.2, 0.25) is 0 Å². The lowest BCUT2D eigenvalue weighted by atomic mass is 10.1. The van der Waals surface area contributed by atoms with Crippen molar-refractivity contribution in [3.8, 4) is 33.4 Å². The van der Waals surface area contributed by atoms with E-state index in [1.54, 1.807) is 35.6 Å². The van der Waals surface area contributed by atoms with E-state index >= 15 is 0 Å². The molecule has 0 aliphatic carbocycles. The van der Waals surface area contributed by atoms with Crippen LogP contribution in [0, 0.1) is 0 Å². The molecule has 1 aliphatic rings. The molecular formula is C40H37BrN2O12S. The quantitative estimate of drug-likeness (QED) is 0.0358. The predicted molar refractivity (Wildman–Crippen MR) is 210 cm³/mol. The molecule has 5 aromatic rings. The second-order valence-corrected chi connectivity index (χ2v) is 14.0. The summed E-state index contributed by atoms with van der Waals surface area (Å²) >= 11 is 5.05. The number of fused-ring (bicyclic) bond motifs is 2. The first kappa shape index (κ1) is 40.3. The third-order valence-electron chi connectivity index (χ3n) is 8.22. The van der Waals surface area contributed by atoms with Gasteiger partial charge in [-0.05, 0) is 72.3 Å². The Kier molecular flexibility index (Phi) is 14.0. The number of amides is 2. The first-order valence-corrected chi connectivity index (χ1v) is 19.1. The molecule has 0 saturated carbocycles. The fourth-order valence-corrected chi connectivity index (χ4v) is 7.07. The number of anilines is 1. The monoisotopic (exact) mass is 848 g/mol. The molecule has 0 atom stereocenters. The van der Waals surface area contributed by atoms with Crippen molar-refractivity contribution < 1.29 is 57.8 Å². The van der Waals surface area contributed by atoms with E-state index < -0.39 is 36.9 Å². The van der Waals surface area contributed by atoms with Gasteiger partial charge in [0.15, 0.2) is 5.75 Å². The normalized spacial score (nSPS) is 12.2. The number of phenols is 1. The van der Waals surface area contributed by atoms with Gasteiger partial charge in [-0.25, -0.2) is 9.59 Å². The van der Waals surface area contributed by atoms with Crippen molar-refractivity contribution in [3.63, 3.8) is 0 Å². The Morgan fingerprint density at radius 3 is 2.16 bits per heavy atom. The number of hydrogen-bond donors (Lipinski definition) is 3. The van der Waals surface area contributed by atoms with Crippen molar-refractivity contribution >= 4 is 66.8 Å². The summed E-state index contributed by atoms with van der Waals surface area (Å²) in [5.74, 6) is -1.46. The number of hydrogen-bond acceptors (Lipinski definition) is 14. The van der Waals surface area contributed by atoms with E-state index in [2.05, 4.69) is 26.0 Å². The summed E-state index contributed by atoms with van der Waals surface area (Å²) in [5, 5.41) is 22.7. The van der Waals surface area contributed by atoms with Crippen LogP contribution in [0.1, 0.15) is 20.7 Å². The van der Waals surface area contributed by atoms with Crippen molar-refractivity contribution in [2.75, 3.05) is 71.3 Å². The summed E-state index contributed by atoms with van der Waals surface area (Å²) in [6.45, 7) is 1.00. The zero-order valence-corrected chi connectivity index (χ0v) is 32.3. The molecule has 3 N–H and O–H groups in total. The van der Waals surface area contributed by atoms with Gasteiger partial charge in [0.05, 0.1) is 55.6 Å². The number of nitrogens with zero attached hydrogens (tertiary/aromatic N) is 1. The maximum absolute atomic E-state index is 12.9. The number of halogens is 1. The smallest absolute Gasteiger partial charge is 0.339 e. The molecule has 1 aromatic heterocycles. The van der Waals surface area contributed by atoms with Crippen LogP contribution in [-0.2, 0) is 28.5 Å². The third kappa shape index (κ3) is 10.3. The van der Waals surface area contributed by atoms with Crippen molar-refractivity contribution in [3.05, 3.63) is 101 Å². The number of ether oxygens (including phenoxy) is 6. The number of rotatable bonds is 20. The topological polar surface area (TPSA) is 179 Å². The van der Waals surface area contributed by atoms with E-state index in [9.17, 15) is 24.3 Å². The Morgan fingerprint density at radius 1 is 0.768 bits per heavy atom. The van der Waals surface area contributed by atoms with Gasteiger partial charge in [-0.2, -0.15) is 0 Å². The maximum atomic E-state index is 12.9. The molecule has 0 saturated heterocycles. The van der Waals surface area contributed by atoms with Gasteiger partial charge in [-0.1, -0.05) is 34.1 Å². The van der Waals surface area contributed by atoms with E-state index in [-0.39, 0.29) is 16.9 Å². The van der Waals surface area contributed by atoms with Crippen LogP contribution in [0.4, 0.5) is 5.69 Å². The summed E-state index contributed by atoms with van der Waals surface area (Å²) in [6, 6.07) is 25.3. The summed E-state index contributed by atoms with van der Waals surface area (Å²) in [4.78, 5) is 50.3. The number of aromatic hydroxyl groups is 1. The maximum Gasteiger partial charge on any atom is 0.339 e. The minimum atomic E-state index is -1.18. The Hall–Kier alpha value is -5.36. The number of thiophene rings is 1. The molecule has 0 radical (unpaired) electrons. The van der Waals surface area contributed by atoms with E-state index in [0.29, 0.717) is 74.9 Å². The first-order valence-electron chi connectivity index (χ1n) is 17.4. The highest BCUT2D eigenvalue weighted by Gasteiger charge is 2.39. The molecular weight excluding hydrogens is 812 g/mol. The molecule has 292 valence electrons. The summed E-state index contributed by atoms with van der Waals surface area (Å²) in [5.41, 5.74) is 1.63. The molecule has 0 bridgehead atoms. The van der Waals surface area contributed by atoms with E-state index in [1.165, 1.54) is 6.07 Å². The fraction of sp³-hybridized carbons (Fsp3) is 0.250. The van der Waals surface area contributed by atoms with Crippen LogP contribution in [0.2, 0.25) is 0 Å². The molecule has 2 amide bonds. The van der Waals surface area contributed by atoms with Gasteiger partial charge in [-0.15, -0.1) is 11.3 Å². The number of carbonyl (C=O) groups excluding carboxylic acids is 4. The number of carbonyl (C=O) groups is 4. The third-order valence-corrected chi connectivity index (χ3v) is 9.93. The van der Waals surface area contributed by atoms with E-state index in [4.69, 9.17) is 28.8 Å². The van der Waals surface area contributed by atoms with E-state index in [0.717, 1.165) is 30.7 Å². The Labute approximate surface area is 333 Å². The van der Waals surface area contributed by atoms with Crippen LogP contribution in [0.5, 0.6) is 23.0 Å². The van der Waals surface area contributed by atoms with Crippen LogP contribution < -0.4 is 14.8 Å². The second-order valence-electron chi connectivity index (χ2n) is 12.1. The molecule has 6 rings (SSSR count). The number of esters is 2. The highest BCUT2D eigenvalue weighted by molar-refractivity contribution is 9.10. The number of benzene rings is 4. The largest absolute Gasteiger partial charge is 0.508 e. The van der Waals surface area contributed by atoms with E-state index in [1.807, 2.05) is 54.6 Å². The number of nitrogens with one attached hydrogen (secondary N) is 1. The van der Waals surface area contributed by atoms with Gasteiger partial charge < -0.3 is 44.0 Å². The SMILES string of the molecule is O=C(CO)OC(=O)CN1C(=O)c2cccc(NCCOCCOCCOCCOc3ccc(Oc4c(-c5ccc(Br)cc5)sc5cc(O)ccc45)cc3)c2C1=O. The van der Waals surface area contributed by atoms with Crippen LogP contribution >= 0.6 is 27.3 Å². The number of phenolic OH excluding ortho intramolecular Hbond substituents is 1. The van der Waals surface area contributed by atoms with Crippen molar-refractivity contribution in [2.45, 2.75) is 0 Å². The standard InChI is InChI=1S/C40H37BrN2O12S/c41-26-6-4-25(5-7-26)38-37(30-13-8-27(45)22-33(30)56-38)54-29-11-9-28(10-12-29)53-21-20-52-19-18-51-17-16-50-15-14-42-32-3-1-2-31-36(32)40(49)43(39(31)48)23-34(46)55-35(47)24-44/h1-13,22,42,44-45H,14-21,23-24H2. The molecule has 14 nitrogen and oxygen atoms in total. The lowest BCUT2D eigenvalue weighted by Gasteiger charge is -2.13. The summed E-state index contributed by atoms with van der Waals surface area (Å²) < 4.78 is 35.2. The lowest BCUT2D eigenvalue weighted by molar-refractivity contribution is -0.161. The van der Waals surface area contributed by atoms with Crippen molar-refractivity contribution in [2.24, 2.45) is 0 Å². The molecule has 1 aliphatic heterocycles. The average molecular weight is 850 g/mol.